The van der Waals surface area contributed by atoms with E-state index >= 15 is 0 Å². The summed E-state index contributed by atoms with van der Waals surface area (Å²) in [5.74, 6) is 0.225. The quantitative estimate of drug-likeness (QED) is 0.633. The van der Waals surface area contributed by atoms with Crippen molar-refractivity contribution >= 4 is 45.8 Å². The first kappa shape index (κ1) is 18.7. The fourth-order valence-corrected chi connectivity index (χ4v) is 4.07. The van der Waals surface area contributed by atoms with E-state index in [9.17, 15) is 4.79 Å². The Hall–Kier alpha value is -1.11. The Morgan fingerprint density at radius 1 is 1.24 bits per heavy atom. The number of anilines is 1. The summed E-state index contributed by atoms with van der Waals surface area (Å²) in [5, 5.41) is 3.92. The minimum Gasteiger partial charge on any atom is -0.326 e. The van der Waals surface area contributed by atoms with E-state index in [4.69, 9.17) is 11.6 Å². The van der Waals surface area contributed by atoms with E-state index in [1.165, 1.54) is 3.57 Å². The molecule has 1 aliphatic rings. The predicted octanol–water partition coefficient (Wildman–Crippen LogP) is 5.10. The van der Waals surface area contributed by atoms with Crippen molar-refractivity contribution < 1.29 is 4.79 Å². The van der Waals surface area contributed by atoms with Gasteiger partial charge < -0.3 is 5.32 Å². The Labute approximate surface area is 167 Å². The molecule has 1 amide bonds. The van der Waals surface area contributed by atoms with Crippen molar-refractivity contribution in [3.05, 3.63) is 62.2 Å². The average molecular weight is 469 g/mol. The molecular weight excluding hydrogens is 447 g/mol. The van der Waals surface area contributed by atoms with Gasteiger partial charge in [0, 0.05) is 26.7 Å². The molecule has 25 heavy (non-hydrogen) atoms. The number of amides is 1. The highest BCUT2D eigenvalue weighted by Gasteiger charge is 2.25. The van der Waals surface area contributed by atoms with Gasteiger partial charge in [-0.25, -0.2) is 0 Å². The van der Waals surface area contributed by atoms with Gasteiger partial charge in [-0.15, -0.1) is 0 Å². The molecule has 0 atom stereocenters. The second-order valence-electron chi connectivity index (χ2n) is 6.59. The topological polar surface area (TPSA) is 32.3 Å². The highest BCUT2D eigenvalue weighted by molar-refractivity contribution is 14.1. The molecule has 1 fully saturated rings. The standard InChI is InChI=1S/C20H22ClIN2O/c1-14-12-17(22)6-7-19(14)23-20(25)15-8-10-24(11-9-15)13-16-4-2-3-5-18(16)21/h2-7,12,15H,8-11,13H2,1H3,(H,23,25). The van der Waals surface area contributed by atoms with Crippen LogP contribution in [0.15, 0.2) is 42.5 Å². The first-order valence-electron chi connectivity index (χ1n) is 8.55. The summed E-state index contributed by atoms with van der Waals surface area (Å²) >= 11 is 8.53. The van der Waals surface area contributed by atoms with Gasteiger partial charge in [0.1, 0.15) is 0 Å². The molecule has 0 saturated carbocycles. The zero-order valence-electron chi connectivity index (χ0n) is 14.3. The number of halogens is 2. The van der Waals surface area contributed by atoms with Gasteiger partial charge in [-0.05, 0) is 90.8 Å². The lowest BCUT2D eigenvalue weighted by atomic mass is 9.95. The molecule has 1 N–H and O–H groups in total. The number of aryl methyl sites for hydroxylation is 1. The second-order valence-corrected chi connectivity index (χ2v) is 8.24. The molecule has 0 spiro atoms. The number of carbonyl (C=O) groups excluding carboxylic acids is 1. The maximum atomic E-state index is 12.6. The third-order valence-electron chi connectivity index (χ3n) is 4.76. The van der Waals surface area contributed by atoms with Crippen molar-refractivity contribution in [1.82, 2.24) is 4.90 Å². The van der Waals surface area contributed by atoms with Crippen molar-refractivity contribution in [2.75, 3.05) is 18.4 Å². The van der Waals surface area contributed by atoms with E-state index in [0.717, 1.165) is 54.3 Å². The third kappa shape index (κ3) is 4.96. The minimum absolute atomic E-state index is 0.0844. The lowest BCUT2D eigenvalue weighted by Crippen LogP contribution is -2.37. The van der Waals surface area contributed by atoms with Crippen molar-refractivity contribution in [3.8, 4) is 0 Å². The maximum absolute atomic E-state index is 12.6. The Bertz CT molecular complexity index is 757. The first-order chi connectivity index (χ1) is 12.0. The number of likely N-dealkylation sites (tertiary alicyclic amines) is 1. The summed E-state index contributed by atoms with van der Waals surface area (Å²) in [6, 6.07) is 14.1. The van der Waals surface area contributed by atoms with Gasteiger partial charge in [-0.2, -0.15) is 0 Å². The van der Waals surface area contributed by atoms with Crippen LogP contribution in [0.5, 0.6) is 0 Å². The molecule has 3 rings (SSSR count). The number of hydrogen-bond donors (Lipinski definition) is 1. The number of carbonyl (C=O) groups is 1. The zero-order valence-corrected chi connectivity index (χ0v) is 17.2. The van der Waals surface area contributed by atoms with Gasteiger partial charge in [0.2, 0.25) is 5.91 Å². The van der Waals surface area contributed by atoms with Gasteiger partial charge in [0.15, 0.2) is 0 Å². The van der Waals surface area contributed by atoms with Crippen LogP contribution < -0.4 is 5.32 Å². The Morgan fingerprint density at radius 2 is 1.96 bits per heavy atom. The van der Waals surface area contributed by atoms with Gasteiger partial charge in [0.05, 0.1) is 0 Å². The van der Waals surface area contributed by atoms with Crippen LogP contribution in [0, 0.1) is 16.4 Å². The number of piperidine rings is 1. The van der Waals surface area contributed by atoms with Crippen molar-refractivity contribution in [3.63, 3.8) is 0 Å². The second kappa shape index (κ2) is 8.52. The van der Waals surface area contributed by atoms with Crippen LogP contribution in [-0.4, -0.2) is 23.9 Å². The van der Waals surface area contributed by atoms with Gasteiger partial charge in [-0.3, -0.25) is 9.69 Å². The summed E-state index contributed by atoms with van der Waals surface area (Å²) in [6.07, 6.45) is 1.78. The average Bonchev–Trinajstić information content (AvgIpc) is 2.60. The van der Waals surface area contributed by atoms with E-state index in [1.807, 2.05) is 37.3 Å². The summed E-state index contributed by atoms with van der Waals surface area (Å²) in [7, 11) is 0. The normalized spacial score (nSPS) is 16.0. The van der Waals surface area contributed by atoms with E-state index < -0.39 is 0 Å². The smallest absolute Gasteiger partial charge is 0.227 e. The lowest BCUT2D eigenvalue weighted by molar-refractivity contribution is -0.121. The summed E-state index contributed by atoms with van der Waals surface area (Å²) in [5.41, 5.74) is 3.18. The van der Waals surface area contributed by atoms with Gasteiger partial charge in [0.25, 0.3) is 0 Å². The Kier molecular flexibility index (Phi) is 6.36. The summed E-state index contributed by atoms with van der Waals surface area (Å²) < 4.78 is 1.18. The van der Waals surface area contributed by atoms with Crippen molar-refractivity contribution in [2.24, 2.45) is 5.92 Å². The highest BCUT2D eigenvalue weighted by Crippen LogP contribution is 2.24. The van der Waals surface area contributed by atoms with E-state index in [1.54, 1.807) is 0 Å². The van der Waals surface area contributed by atoms with Crippen LogP contribution in [-0.2, 0) is 11.3 Å². The Morgan fingerprint density at radius 3 is 2.64 bits per heavy atom. The zero-order chi connectivity index (χ0) is 17.8. The maximum Gasteiger partial charge on any atom is 0.227 e. The molecule has 0 bridgehead atoms. The molecule has 0 aliphatic carbocycles. The molecule has 1 aliphatic heterocycles. The monoisotopic (exact) mass is 468 g/mol. The number of nitrogens with one attached hydrogen (secondary N) is 1. The van der Waals surface area contributed by atoms with Crippen LogP contribution in [0.2, 0.25) is 5.02 Å². The van der Waals surface area contributed by atoms with Crippen LogP contribution in [0.3, 0.4) is 0 Å². The summed E-state index contributed by atoms with van der Waals surface area (Å²) in [6.45, 7) is 4.73. The highest BCUT2D eigenvalue weighted by atomic mass is 127. The SMILES string of the molecule is Cc1cc(I)ccc1NC(=O)C1CCN(Cc2ccccc2Cl)CC1. The molecule has 132 valence electrons. The fourth-order valence-electron chi connectivity index (χ4n) is 3.22. The first-order valence-corrected chi connectivity index (χ1v) is 10.0. The van der Waals surface area contributed by atoms with E-state index in [2.05, 4.69) is 44.9 Å². The molecule has 3 nitrogen and oxygen atoms in total. The molecule has 0 aromatic heterocycles. The molecule has 5 heteroatoms. The largest absolute Gasteiger partial charge is 0.326 e. The van der Waals surface area contributed by atoms with Crippen LogP contribution in [0.25, 0.3) is 0 Å². The molecule has 0 radical (unpaired) electrons. The Balaban J connectivity index is 1.53. The van der Waals surface area contributed by atoms with Crippen LogP contribution in [0.1, 0.15) is 24.0 Å². The molecule has 0 unspecified atom stereocenters. The minimum atomic E-state index is 0.0844. The molecular formula is C20H22ClIN2O. The number of benzene rings is 2. The van der Waals surface area contributed by atoms with Crippen LogP contribution >= 0.6 is 34.2 Å². The fraction of sp³-hybridized carbons (Fsp3) is 0.350. The lowest BCUT2D eigenvalue weighted by Gasteiger charge is -2.31. The number of hydrogen-bond acceptors (Lipinski definition) is 2. The molecule has 2 aromatic carbocycles. The van der Waals surface area contributed by atoms with Gasteiger partial charge >= 0.3 is 0 Å². The van der Waals surface area contributed by atoms with E-state index in [-0.39, 0.29) is 11.8 Å². The number of rotatable bonds is 4. The molecule has 2 aromatic rings. The van der Waals surface area contributed by atoms with Crippen molar-refractivity contribution in [2.45, 2.75) is 26.3 Å². The molecule has 1 saturated heterocycles. The van der Waals surface area contributed by atoms with Gasteiger partial charge in [-0.1, -0.05) is 29.8 Å². The predicted molar refractivity (Wildman–Crippen MR) is 112 cm³/mol. The van der Waals surface area contributed by atoms with Crippen LogP contribution in [0.4, 0.5) is 5.69 Å². The van der Waals surface area contributed by atoms with Crippen molar-refractivity contribution in [1.29, 1.82) is 0 Å². The summed E-state index contributed by atoms with van der Waals surface area (Å²) in [4.78, 5) is 14.9. The molecule has 1 heterocycles. The number of nitrogens with zero attached hydrogens (tertiary/aromatic N) is 1. The third-order valence-corrected chi connectivity index (χ3v) is 5.80. The van der Waals surface area contributed by atoms with E-state index in [0.29, 0.717) is 0 Å².